The second-order valence-electron chi connectivity index (χ2n) is 7.14. The molecule has 1 aromatic heterocycles. The van der Waals surface area contributed by atoms with Gasteiger partial charge in [0.15, 0.2) is 9.84 Å². The fraction of sp³-hybridized carbons (Fsp3) is 0.667. The summed E-state index contributed by atoms with van der Waals surface area (Å²) in [4.78, 5) is 24.9. The molecule has 3 heterocycles. The molecule has 1 unspecified atom stereocenters. The van der Waals surface area contributed by atoms with E-state index in [0.29, 0.717) is 31.1 Å². The van der Waals surface area contributed by atoms with Crippen molar-refractivity contribution in [2.24, 2.45) is 5.73 Å². The van der Waals surface area contributed by atoms with Crippen molar-refractivity contribution in [3.8, 4) is 0 Å². The summed E-state index contributed by atoms with van der Waals surface area (Å²) in [5, 5.41) is 7.26. The zero-order chi connectivity index (χ0) is 17.8. The van der Waals surface area contributed by atoms with Gasteiger partial charge in [-0.2, -0.15) is 5.10 Å². The van der Waals surface area contributed by atoms with Crippen molar-refractivity contribution in [2.75, 3.05) is 24.6 Å². The third kappa shape index (κ3) is 3.22. The van der Waals surface area contributed by atoms with E-state index in [2.05, 4.69) is 10.4 Å². The molecular formula is C15H21N5O4S. The van der Waals surface area contributed by atoms with Crippen molar-refractivity contribution in [1.82, 2.24) is 20.0 Å². The fourth-order valence-corrected chi connectivity index (χ4v) is 5.17. The molecule has 2 aliphatic heterocycles. The monoisotopic (exact) mass is 367 g/mol. The summed E-state index contributed by atoms with van der Waals surface area (Å²) in [5.41, 5.74) is 6.43. The van der Waals surface area contributed by atoms with Gasteiger partial charge in [0.25, 0.3) is 5.91 Å². The Bertz CT molecular complexity index is 823. The molecule has 3 N–H and O–H groups in total. The van der Waals surface area contributed by atoms with Crippen LogP contribution in [0.25, 0.3) is 0 Å². The maximum Gasteiger partial charge on any atom is 0.314 e. The van der Waals surface area contributed by atoms with E-state index in [1.165, 1.54) is 4.90 Å². The zero-order valence-electron chi connectivity index (χ0n) is 13.7. The molecule has 25 heavy (non-hydrogen) atoms. The normalized spacial score (nSPS) is 25.6. The number of sulfone groups is 1. The van der Waals surface area contributed by atoms with Crippen molar-refractivity contribution >= 4 is 21.8 Å². The largest absolute Gasteiger partial charge is 0.351 e. The van der Waals surface area contributed by atoms with E-state index in [9.17, 15) is 18.0 Å². The lowest BCUT2D eigenvalue weighted by molar-refractivity contribution is 0.0855. The van der Waals surface area contributed by atoms with Crippen molar-refractivity contribution in [3.63, 3.8) is 0 Å². The molecule has 0 bridgehead atoms. The summed E-state index contributed by atoms with van der Waals surface area (Å²) >= 11 is 0. The van der Waals surface area contributed by atoms with E-state index in [1.54, 1.807) is 10.7 Å². The van der Waals surface area contributed by atoms with Gasteiger partial charge in [0.05, 0.1) is 23.6 Å². The smallest absolute Gasteiger partial charge is 0.314 e. The first-order chi connectivity index (χ1) is 11.8. The maximum absolute atomic E-state index is 12.4. The van der Waals surface area contributed by atoms with Crippen LogP contribution in [-0.4, -0.2) is 65.7 Å². The predicted octanol–water partition coefficient (Wildman–Crippen LogP) is -0.387. The molecule has 136 valence electrons. The fourth-order valence-electron chi connectivity index (χ4n) is 3.47. The van der Waals surface area contributed by atoms with Crippen LogP contribution >= 0.6 is 0 Å². The van der Waals surface area contributed by atoms with Gasteiger partial charge in [0.1, 0.15) is 5.69 Å². The lowest BCUT2D eigenvalue weighted by Crippen LogP contribution is -2.62. The molecule has 1 aromatic rings. The first kappa shape index (κ1) is 16.4. The lowest BCUT2D eigenvalue weighted by atomic mass is 10.1. The second-order valence-corrected chi connectivity index (χ2v) is 9.37. The molecule has 3 aliphatic rings. The van der Waals surface area contributed by atoms with Crippen LogP contribution in [0.5, 0.6) is 0 Å². The Morgan fingerprint density at radius 3 is 2.52 bits per heavy atom. The van der Waals surface area contributed by atoms with Gasteiger partial charge in [0, 0.05) is 24.7 Å². The number of likely N-dealkylation sites (tertiary alicyclic amines) is 1. The molecule has 3 fully saturated rings. The summed E-state index contributed by atoms with van der Waals surface area (Å²) in [5.74, 6) is 0.335. The summed E-state index contributed by atoms with van der Waals surface area (Å²) in [6.45, 7) is 0.802. The number of carbonyl (C=O) groups is 2. The number of nitrogens with zero attached hydrogens (tertiary/aromatic N) is 3. The quantitative estimate of drug-likeness (QED) is 0.749. The Kier molecular flexibility index (Phi) is 3.75. The number of nitrogens with one attached hydrogen (secondary N) is 1. The van der Waals surface area contributed by atoms with Gasteiger partial charge in [-0.1, -0.05) is 0 Å². The zero-order valence-corrected chi connectivity index (χ0v) is 14.5. The minimum absolute atomic E-state index is 0.0889. The van der Waals surface area contributed by atoms with E-state index in [0.717, 1.165) is 18.5 Å². The highest BCUT2D eigenvalue weighted by atomic mass is 32.2. The number of carbonyl (C=O) groups excluding carboxylic acids is 2. The summed E-state index contributed by atoms with van der Waals surface area (Å²) < 4.78 is 25.3. The van der Waals surface area contributed by atoms with Gasteiger partial charge in [0.2, 0.25) is 0 Å². The number of nitrogens with two attached hydrogens (primary N) is 1. The number of rotatable bonds is 4. The highest BCUT2D eigenvalue weighted by Crippen LogP contribution is 2.42. The molecule has 3 amide bonds. The minimum Gasteiger partial charge on any atom is -0.351 e. The summed E-state index contributed by atoms with van der Waals surface area (Å²) in [6.07, 6.45) is 2.63. The van der Waals surface area contributed by atoms with E-state index in [1.807, 2.05) is 0 Å². The lowest BCUT2D eigenvalue weighted by Gasteiger charge is -2.38. The van der Waals surface area contributed by atoms with Crippen LogP contribution in [0.2, 0.25) is 0 Å². The molecule has 2 saturated heterocycles. The van der Waals surface area contributed by atoms with Crippen LogP contribution in [0, 0.1) is 0 Å². The molecule has 0 aromatic carbocycles. The first-order valence-electron chi connectivity index (χ1n) is 8.47. The van der Waals surface area contributed by atoms with Crippen LogP contribution in [0.15, 0.2) is 6.07 Å². The van der Waals surface area contributed by atoms with Crippen molar-refractivity contribution in [3.05, 3.63) is 17.5 Å². The number of aromatic nitrogens is 2. The first-order valence-corrected chi connectivity index (χ1v) is 10.3. The molecule has 1 atom stereocenters. The average molecular weight is 367 g/mol. The molecular weight excluding hydrogens is 346 g/mol. The average Bonchev–Trinajstić information content (AvgIpc) is 3.14. The van der Waals surface area contributed by atoms with E-state index in [-0.39, 0.29) is 29.5 Å². The van der Waals surface area contributed by atoms with Gasteiger partial charge in [-0.15, -0.1) is 0 Å². The molecule has 9 nitrogen and oxygen atoms in total. The topological polar surface area (TPSA) is 127 Å². The van der Waals surface area contributed by atoms with Gasteiger partial charge in [-0.25, -0.2) is 13.2 Å². The van der Waals surface area contributed by atoms with Gasteiger partial charge < -0.3 is 16.0 Å². The van der Waals surface area contributed by atoms with Crippen LogP contribution in [0.1, 0.15) is 47.4 Å². The van der Waals surface area contributed by atoms with Crippen molar-refractivity contribution < 1.29 is 18.0 Å². The third-order valence-corrected chi connectivity index (χ3v) is 6.83. The number of hydrogen-bond donors (Lipinski definition) is 2. The third-order valence-electron chi connectivity index (χ3n) is 5.08. The minimum atomic E-state index is -3.02. The SMILES string of the molecule is NC(=O)N1CC(NC(=O)c2cc(C3CC3)n(C3CCS(=O)(=O)C3)n2)C1. The highest BCUT2D eigenvalue weighted by molar-refractivity contribution is 7.91. The number of primary amides is 1. The van der Waals surface area contributed by atoms with Crippen LogP contribution in [0.3, 0.4) is 0 Å². The van der Waals surface area contributed by atoms with Gasteiger partial charge in [-0.3, -0.25) is 9.48 Å². The van der Waals surface area contributed by atoms with E-state index < -0.39 is 15.9 Å². The number of hydrogen-bond acceptors (Lipinski definition) is 5. The van der Waals surface area contributed by atoms with Crippen molar-refractivity contribution in [1.29, 1.82) is 0 Å². The Hall–Kier alpha value is -2.10. The Labute approximate surface area is 145 Å². The molecule has 0 radical (unpaired) electrons. The Morgan fingerprint density at radius 1 is 1.24 bits per heavy atom. The number of amides is 3. The maximum atomic E-state index is 12.4. The summed E-state index contributed by atoms with van der Waals surface area (Å²) in [6, 6.07) is 0.980. The second kappa shape index (κ2) is 5.72. The molecule has 4 rings (SSSR count). The van der Waals surface area contributed by atoms with Gasteiger partial charge in [-0.05, 0) is 25.3 Å². The standard InChI is InChI=1S/C15H21N5O4S/c16-15(22)19-6-10(7-19)17-14(21)12-5-13(9-1-2-9)20(18-12)11-3-4-25(23,24)8-11/h5,9-11H,1-4,6-8H2,(H2,16,22)(H,17,21). The summed E-state index contributed by atoms with van der Waals surface area (Å²) in [7, 11) is -3.02. The van der Waals surface area contributed by atoms with Crippen LogP contribution in [-0.2, 0) is 9.84 Å². The van der Waals surface area contributed by atoms with Crippen LogP contribution in [0.4, 0.5) is 4.79 Å². The van der Waals surface area contributed by atoms with E-state index in [4.69, 9.17) is 5.73 Å². The van der Waals surface area contributed by atoms with E-state index >= 15 is 0 Å². The predicted molar refractivity (Wildman–Crippen MR) is 88.9 cm³/mol. The van der Waals surface area contributed by atoms with Gasteiger partial charge >= 0.3 is 6.03 Å². The molecule has 10 heteroatoms. The molecule has 1 saturated carbocycles. The Balaban J connectivity index is 1.48. The number of urea groups is 1. The highest BCUT2D eigenvalue weighted by Gasteiger charge is 2.37. The molecule has 0 spiro atoms. The Morgan fingerprint density at radius 2 is 1.96 bits per heavy atom. The van der Waals surface area contributed by atoms with Crippen molar-refractivity contribution in [2.45, 2.75) is 37.3 Å². The molecule has 1 aliphatic carbocycles. The van der Waals surface area contributed by atoms with Crippen LogP contribution < -0.4 is 11.1 Å².